The minimum absolute atomic E-state index is 0.0669. The molecule has 0 fully saturated rings. The lowest BCUT2D eigenvalue weighted by Crippen LogP contribution is -2.12. The van der Waals surface area contributed by atoms with Crippen LogP contribution in [0.2, 0.25) is 0 Å². The summed E-state index contributed by atoms with van der Waals surface area (Å²) in [6.45, 7) is 5.24. The number of hydrogen-bond donors (Lipinski definition) is 0. The number of carbonyl (C=O) groups excluding carboxylic acids is 2. The van der Waals surface area contributed by atoms with Crippen molar-refractivity contribution in [2.45, 2.75) is 6.92 Å². The molecule has 0 amide bonds. The quantitative estimate of drug-likeness (QED) is 0.309. The Kier molecular flexibility index (Phi) is 7.73. The molecule has 1 aromatic rings. The third-order valence-electron chi connectivity index (χ3n) is 2.95. The summed E-state index contributed by atoms with van der Waals surface area (Å²) in [4.78, 5) is 22.7. The zero-order chi connectivity index (χ0) is 18.8. The largest absolute Gasteiger partial charge is 0.493 e. The van der Waals surface area contributed by atoms with Crippen LogP contribution >= 0.6 is 0 Å². The first kappa shape index (κ1) is 19.8. The molecule has 0 saturated carbocycles. The Morgan fingerprint density at radius 1 is 1.20 bits per heavy atom. The van der Waals surface area contributed by atoms with Gasteiger partial charge in [-0.2, -0.15) is 5.26 Å². The van der Waals surface area contributed by atoms with Crippen molar-refractivity contribution >= 4 is 18.0 Å². The summed E-state index contributed by atoms with van der Waals surface area (Å²) in [5.74, 6) is -0.367. The fraction of sp³-hybridized carbons (Fsp3) is 0.278. The van der Waals surface area contributed by atoms with Crippen LogP contribution in [-0.4, -0.2) is 39.4 Å². The van der Waals surface area contributed by atoms with Crippen LogP contribution < -0.4 is 9.47 Å². The van der Waals surface area contributed by atoms with Crippen molar-refractivity contribution in [2.24, 2.45) is 0 Å². The van der Waals surface area contributed by atoms with Crippen molar-refractivity contribution in [2.75, 3.05) is 27.4 Å². The van der Waals surface area contributed by atoms with Gasteiger partial charge >= 0.3 is 11.9 Å². The van der Waals surface area contributed by atoms with Crippen LogP contribution in [0, 0.1) is 11.3 Å². The molecule has 0 N–H and O–H groups in total. The molecule has 0 saturated heterocycles. The predicted octanol–water partition coefficient (Wildman–Crippen LogP) is 2.27. The lowest BCUT2D eigenvalue weighted by atomic mass is 10.1. The Balaban J connectivity index is 2.80. The number of hydrogen-bond acceptors (Lipinski definition) is 7. The van der Waals surface area contributed by atoms with E-state index < -0.39 is 11.9 Å². The van der Waals surface area contributed by atoms with E-state index >= 15 is 0 Å². The molecule has 0 unspecified atom stereocenters. The first-order chi connectivity index (χ1) is 11.9. The highest BCUT2D eigenvalue weighted by atomic mass is 16.6. The standard InChI is InChI=1S/C18H19NO6/c1-12(2)17(20)25-8-7-24-15-6-5-13(10-16(15)22-3)9-14(11-19)18(21)23-4/h5-6,9-10H,1,7-8H2,2-4H3/b14-9+. The van der Waals surface area contributed by atoms with Gasteiger partial charge in [-0.3, -0.25) is 0 Å². The van der Waals surface area contributed by atoms with E-state index in [4.69, 9.17) is 19.5 Å². The van der Waals surface area contributed by atoms with Crippen molar-refractivity contribution in [3.8, 4) is 17.6 Å². The number of methoxy groups -OCH3 is 2. The third kappa shape index (κ3) is 6.03. The molecule has 0 aliphatic heterocycles. The average Bonchev–Trinajstić information content (AvgIpc) is 2.62. The summed E-state index contributed by atoms with van der Waals surface area (Å²) >= 11 is 0. The van der Waals surface area contributed by atoms with Gasteiger partial charge in [0, 0.05) is 5.57 Å². The Morgan fingerprint density at radius 2 is 1.92 bits per heavy atom. The third-order valence-corrected chi connectivity index (χ3v) is 2.95. The van der Waals surface area contributed by atoms with Crippen LogP contribution in [0.3, 0.4) is 0 Å². The molecule has 0 bridgehead atoms. The summed E-state index contributed by atoms with van der Waals surface area (Å²) in [5, 5.41) is 8.97. The van der Waals surface area contributed by atoms with Crippen molar-refractivity contribution in [3.05, 3.63) is 41.5 Å². The van der Waals surface area contributed by atoms with Crippen LogP contribution in [0.1, 0.15) is 12.5 Å². The minimum Gasteiger partial charge on any atom is -0.493 e. The van der Waals surface area contributed by atoms with Crippen molar-refractivity contribution < 1.29 is 28.5 Å². The van der Waals surface area contributed by atoms with Gasteiger partial charge < -0.3 is 18.9 Å². The smallest absolute Gasteiger partial charge is 0.348 e. The van der Waals surface area contributed by atoms with E-state index in [9.17, 15) is 9.59 Å². The molecule has 0 aliphatic rings. The molecule has 0 atom stereocenters. The van der Waals surface area contributed by atoms with E-state index in [1.54, 1.807) is 31.2 Å². The highest BCUT2D eigenvalue weighted by Gasteiger charge is 2.11. The predicted molar refractivity (Wildman–Crippen MR) is 89.9 cm³/mol. The van der Waals surface area contributed by atoms with Gasteiger partial charge in [-0.25, -0.2) is 9.59 Å². The van der Waals surface area contributed by atoms with Gasteiger partial charge in [-0.15, -0.1) is 0 Å². The van der Waals surface area contributed by atoms with Gasteiger partial charge in [-0.05, 0) is 30.7 Å². The summed E-state index contributed by atoms with van der Waals surface area (Å²) in [6.07, 6.45) is 1.38. The number of esters is 2. The number of nitriles is 1. The van der Waals surface area contributed by atoms with Gasteiger partial charge in [0.25, 0.3) is 0 Å². The number of ether oxygens (including phenoxy) is 4. The summed E-state index contributed by atoms with van der Waals surface area (Å²) in [5.41, 5.74) is 0.748. The molecule has 0 aromatic heterocycles. The second-order valence-electron chi connectivity index (χ2n) is 4.84. The normalized spacial score (nSPS) is 10.4. The lowest BCUT2D eigenvalue weighted by Gasteiger charge is -2.11. The van der Waals surface area contributed by atoms with Crippen molar-refractivity contribution in [1.82, 2.24) is 0 Å². The molecule has 1 aromatic carbocycles. The second kappa shape index (κ2) is 9.78. The van der Waals surface area contributed by atoms with Crippen LogP contribution in [-0.2, 0) is 19.1 Å². The minimum atomic E-state index is -0.721. The molecular formula is C18H19NO6. The van der Waals surface area contributed by atoms with Crippen LogP contribution in [0.15, 0.2) is 35.9 Å². The Labute approximate surface area is 146 Å². The maximum atomic E-state index is 11.4. The summed E-state index contributed by atoms with van der Waals surface area (Å²) < 4.78 is 20.2. The fourth-order valence-electron chi connectivity index (χ4n) is 1.72. The first-order valence-corrected chi connectivity index (χ1v) is 7.26. The van der Waals surface area contributed by atoms with E-state index in [1.807, 2.05) is 0 Å². The van der Waals surface area contributed by atoms with E-state index in [1.165, 1.54) is 20.3 Å². The molecule has 0 radical (unpaired) electrons. The summed E-state index contributed by atoms with van der Waals surface area (Å²) in [6, 6.07) is 6.65. The van der Waals surface area contributed by atoms with Gasteiger partial charge in [0.15, 0.2) is 11.5 Å². The van der Waals surface area contributed by atoms with Crippen molar-refractivity contribution in [1.29, 1.82) is 5.26 Å². The summed E-state index contributed by atoms with van der Waals surface area (Å²) in [7, 11) is 2.66. The number of benzene rings is 1. The highest BCUT2D eigenvalue weighted by Crippen LogP contribution is 2.29. The Bertz CT molecular complexity index is 730. The molecule has 1 rings (SSSR count). The van der Waals surface area contributed by atoms with Gasteiger partial charge in [0.2, 0.25) is 0 Å². The number of nitrogens with zero attached hydrogens (tertiary/aromatic N) is 1. The molecule has 7 nitrogen and oxygen atoms in total. The molecule has 0 spiro atoms. The molecule has 0 heterocycles. The number of carbonyl (C=O) groups is 2. The molecule has 7 heteroatoms. The molecular weight excluding hydrogens is 326 g/mol. The van der Waals surface area contributed by atoms with E-state index in [2.05, 4.69) is 11.3 Å². The van der Waals surface area contributed by atoms with Crippen LogP contribution in [0.4, 0.5) is 0 Å². The van der Waals surface area contributed by atoms with Gasteiger partial charge in [0.1, 0.15) is 24.9 Å². The van der Waals surface area contributed by atoms with Gasteiger partial charge in [-0.1, -0.05) is 12.6 Å². The molecule has 25 heavy (non-hydrogen) atoms. The van der Waals surface area contributed by atoms with E-state index in [-0.39, 0.29) is 18.8 Å². The average molecular weight is 345 g/mol. The monoisotopic (exact) mass is 345 g/mol. The first-order valence-electron chi connectivity index (χ1n) is 7.26. The van der Waals surface area contributed by atoms with Crippen LogP contribution in [0.25, 0.3) is 6.08 Å². The SMILES string of the molecule is C=C(C)C(=O)OCCOc1ccc(/C=C(\C#N)C(=O)OC)cc1OC. The van der Waals surface area contributed by atoms with Crippen molar-refractivity contribution in [3.63, 3.8) is 0 Å². The highest BCUT2D eigenvalue weighted by molar-refractivity contribution is 5.97. The van der Waals surface area contributed by atoms with Gasteiger partial charge in [0.05, 0.1) is 14.2 Å². The van der Waals surface area contributed by atoms with E-state index in [0.717, 1.165) is 0 Å². The number of rotatable bonds is 8. The lowest BCUT2D eigenvalue weighted by molar-refractivity contribution is -0.139. The zero-order valence-corrected chi connectivity index (χ0v) is 14.3. The topological polar surface area (TPSA) is 94.9 Å². The maximum absolute atomic E-state index is 11.4. The Hall–Kier alpha value is -3.27. The maximum Gasteiger partial charge on any atom is 0.348 e. The zero-order valence-electron chi connectivity index (χ0n) is 14.3. The fourth-order valence-corrected chi connectivity index (χ4v) is 1.72. The molecule has 0 aliphatic carbocycles. The second-order valence-corrected chi connectivity index (χ2v) is 4.84. The van der Waals surface area contributed by atoms with Crippen LogP contribution in [0.5, 0.6) is 11.5 Å². The van der Waals surface area contributed by atoms with E-state index in [0.29, 0.717) is 22.6 Å². The Morgan fingerprint density at radius 3 is 2.48 bits per heavy atom. The molecule has 132 valence electrons.